The molecule has 0 saturated carbocycles. The fraction of sp³-hybridized carbons (Fsp3) is 0.222. The number of aryl methyl sites for hydroxylation is 1. The monoisotopic (exact) mass is 429 g/mol. The van der Waals surface area contributed by atoms with Gasteiger partial charge in [-0.1, -0.05) is 30.7 Å². The maximum absolute atomic E-state index is 11.8. The molecule has 1 aliphatic rings. The summed E-state index contributed by atoms with van der Waals surface area (Å²) in [5, 5.41) is 3.07. The lowest BCUT2D eigenvalue weighted by atomic mass is 9.82. The second-order valence-corrected chi connectivity index (χ2v) is 7.90. The van der Waals surface area contributed by atoms with Gasteiger partial charge in [0.25, 0.3) is 0 Å². The second-order valence-electron chi connectivity index (χ2n) is 7.90. The van der Waals surface area contributed by atoms with Crippen molar-refractivity contribution >= 4 is 23.0 Å². The van der Waals surface area contributed by atoms with Crippen LogP contribution in [0.2, 0.25) is 0 Å². The Morgan fingerprint density at radius 3 is 2.06 bits per heavy atom. The van der Waals surface area contributed by atoms with Crippen molar-refractivity contribution in [1.29, 1.82) is 0 Å². The molecule has 0 bridgehead atoms. The second kappa shape index (κ2) is 10.1. The van der Waals surface area contributed by atoms with E-state index in [9.17, 15) is 14.4 Å². The molecule has 32 heavy (non-hydrogen) atoms. The summed E-state index contributed by atoms with van der Waals surface area (Å²) < 4.78 is 5.71. The standard InChI is InChI=1S/C14H15NO.C13H12O3/c1-11-3-7-13(8-4-11)16-14-9-5-12(15-2)6-10-14;1-7-5-12(15)11-6-9(8(2)14)3-4-10(11)13(7)16/h3-10,15H,1-2H3;3-4,6-7H,5H2,1-2H3. The predicted molar refractivity (Wildman–Crippen MR) is 126 cm³/mol. The quantitative estimate of drug-likeness (QED) is 0.506. The highest BCUT2D eigenvalue weighted by Crippen LogP contribution is 2.26. The molecule has 164 valence electrons. The number of carbonyl (C=O) groups is 3. The van der Waals surface area contributed by atoms with Gasteiger partial charge in [0.05, 0.1) is 0 Å². The third-order valence-corrected chi connectivity index (χ3v) is 5.33. The highest BCUT2D eigenvalue weighted by Gasteiger charge is 2.29. The first-order valence-corrected chi connectivity index (χ1v) is 10.5. The van der Waals surface area contributed by atoms with Crippen LogP contribution < -0.4 is 10.1 Å². The average Bonchev–Trinajstić information content (AvgIpc) is 2.79. The Morgan fingerprint density at radius 1 is 0.906 bits per heavy atom. The van der Waals surface area contributed by atoms with Crippen molar-refractivity contribution in [3.05, 3.63) is 89.0 Å². The van der Waals surface area contributed by atoms with Crippen LogP contribution in [-0.4, -0.2) is 24.4 Å². The number of ketones is 3. The summed E-state index contributed by atoms with van der Waals surface area (Å²) in [4.78, 5) is 34.7. The van der Waals surface area contributed by atoms with Crippen molar-refractivity contribution in [1.82, 2.24) is 0 Å². The summed E-state index contributed by atoms with van der Waals surface area (Å²) in [7, 11) is 1.90. The molecule has 0 aromatic heterocycles. The van der Waals surface area contributed by atoms with Crippen molar-refractivity contribution in [2.24, 2.45) is 5.92 Å². The molecule has 5 heteroatoms. The van der Waals surface area contributed by atoms with E-state index >= 15 is 0 Å². The molecule has 0 spiro atoms. The van der Waals surface area contributed by atoms with Gasteiger partial charge < -0.3 is 10.1 Å². The number of fused-ring (bicyclic) bond motifs is 1. The molecule has 4 rings (SSSR count). The molecular formula is C27H27NO4. The van der Waals surface area contributed by atoms with Gasteiger partial charge in [-0.05, 0) is 62.4 Å². The number of ether oxygens (including phenoxy) is 1. The van der Waals surface area contributed by atoms with Crippen molar-refractivity contribution in [3.8, 4) is 11.5 Å². The zero-order valence-corrected chi connectivity index (χ0v) is 18.8. The first-order valence-electron chi connectivity index (χ1n) is 10.5. The molecule has 0 saturated heterocycles. The van der Waals surface area contributed by atoms with Crippen LogP contribution in [0, 0.1) is 12.8 Å². The number of hydrogen-bond donors (Lipinski definition) is 1. The normalized spacial score (nSPS) is 14.7. The van der Waals surface area contributed by atoms with Gasteiger partial charge in [-0.2, -0.15) is 0 Å². The zero-order valence-electron chi connectivity index (χ0n) is 18.8. The molecule has 3 aromatic rings. The minimum Gasteiger partial charge on any atom is -0.457 e. The van der Waals surface area contributed by atoms with Gasteiger partial charge in [-0.3, -0.25) is 14.4 Å². The molecule has 1 atom stereocenters. The maximum Gasteiger partial charge on any atom is 0.166 e. The van der Waals surface area contributed by atoms with Crippen molar-refractivity contribution in [2.75, 3.05) is 12.4 Å². The third kappa shape index (κ3) is 5.49. The Balaban J connectivity index is 0.000000181. The predicted octanol–water partition coefficient (Wildman–Crippen LogP) is 6.12. The molecule has 5 nitrogen and oxygen atoms in total. The lowest BCUT2D eigenvalue weighted by molar-refractivity contribution is 0.0834. The first kappa shape index (κ1) is 22.9. The van der Waals surface area contributed by atoms with E-state index < -0.39 is 0 Å². The summed E-state index contributed by atoms with van der Waals surface area (Å²) in [5.74, 6) is 1.31. The molecule has 1 aliphatic carbocycles. The van der Waals surface area contributed by atoms with Gasteiger partial charge in [0, 0.05) is 41.8 Å². The Labute approximate surface area is 188 Å². The van der Waals surface area contributed by atoms with Crippen LogP contribution in [0.1, 0.15) is 56.9 Å². The zero-order chi connectivity index (χ0) is 23.3. The van der Waals surface area contributed by atoms with E-state index in [1.54, 1.807) is 19.1 Å². The fourth-order valence-corrected chi connectivity index (χ4v) is 3.39. The molecule has 0 amide bonds. The van der Waals surface area contributed by atoms with E-state index in [1.165, 1.54) is 18.6 Å². The molecule has 1 N–H and O–H groups in total. The fourth-order valence-electron chi connectivity index (χ4n) is 3.39. The topological polar surface area (TPSA) is 72.5 Å². The van der Waals surface area contributed by atoms with Gasteiger partial charge in [-0.15, -0.1) is 0 Å². The largest absolute Gasteiger partial charge is 0.457 e. The van der Waals surface area contributed by atoms with Gasteiger partial charge in [0.2, 0.25) is 0 Å². The minimum atomic E-state index is -0.247. The van der Waals surface area contributed by atoms with E-state index in [0.717, 1.165) is 17.2 Å². The Hall–Kier alpha value is -3.73. The molecule has 0 radical (unpaired) electrons. The van der Waals surface area contributed by atoms with Crippen LogP contribution in [0.3, 0.4) is 0 Å². The van der Waals surface area contributed by atoms with Gasteiger partial charge in [0.15, 0.2) is 17.3 Å². The Morgan fingerprint density at radius 2 is 1.50 bits per heavy atom. The SMILES string of the molecule is CC(=O)c1ccc2c(c1)C(=O)CC(C)C2=O.CNc1ccc(Oc2ccc(C)cc2)cc1. The Bertz CT molecular complexity index is 1130. The Kier molecular flexibility index (Phi) is 7.21. The van der Waals surface area contributed by atoms with Crippen LogP contribution >= 0.6 is 0 Å². The summed E-state index contributed by atoms with van der Waals surface area (Å²) in [6.07, 6.45) is 0.243. The number of benzene rings is 3. The molecule has 0 fully saturated rings. The van der Waals surface area contributed by atoms with Crippen LogP contribution in [0.5, 0.6) is 11.5 Å². The lowest BCUT2D eigenvalue weighted by Gasteiger charge is -2.19. The first-order chi connectivity index (χ1) is 15.3. The summed E-state index contributed by atoms with van der Waals surface area (Å²) in [6, 6.07) is 20.6. The molecule has 1 unspecified atom stereocenters. The minimum absolute atomic E-state index is 0.00954. The van der Waals surface area contributed by atoms with Gasteiger partial charge in [-0.25, -0.2) is 0 Å². The molecule has 0 heterocycles. The smallest absolute Gasteiger partial charge is 0.166 e. The van der Waals surface area contributed by atoms with Crippen LogP contribution in [0.25, 0.3) is 0 Å². The van der Waals surface area contributed by atoms with Gasteiger partial charge in [0.1, 0.15) is 11.5 Å². The summed E-state index contributed by atoms with van der Waals surface area (Å²) in [5.41, 5.74) is 3.65. The van der Waals surface area contributed by atoms with Crippen molar-refractivity contribution in [3.63, 3.8) is 0 Å². The van der Waals surface area contributed by atoms with Crippen molar-refractivity contribution in [2.45, 2.75) is 27.2 Å². The average molecular weight is 430 g/mol. The number of hydrogen-bond acceptors (Lipinski definition) is 5. The van der Waals surface area contributed by atoms with E-state index in [0.29, 0.717) is 16.7 Å². The van der Waals surface area contributed by atoms with Crippen LogP contribution in [0.4, 0.5) is 5.69 Å². The number of rotatable bonds is 4. The molecule has 3 aromatic carbocycles. The molecular weight excluding hydrogens is 402 g/mol. The highest BCUT2D eigenvalue weighted by atomic mass is 16.5. The highest BCUT2D eigenvalue weighted by molar-refractivity contribution is 6.15. The maximum atomic E-state index is 11.8. The molecule has 0 aliphatic heterocycles. The number of nitrogens with one attached hydrogen (secondary N) is 1. The number of anilines is 1. The van der Waals surface area contributed by atoms with E-state index in [-0.39, 0.29) is 29.7 Å². The van der Waals surface area contributed by atoms with Crippen molar-refractivity contribution < 1.29 is 19.1 Å². The summed E-state index contributed by atoms with van der Waals surface area (Å²) >= 11 is 0. The summed E-state index contributed by atoms with van der Waals surface area (Å²) in [6.45, 7) is 5.26. The third-order valence-electron chi connectivity index (χ3n) is 5.33. The van der Waals surface area contributed by atoms with Gasteiger partial charge >= 0.3 is 0 Å². The van der Waals surface area contributed by atoms with E-state index in [4.69, 9.17) is 4.74 Å². The van der Waals surface area contributed by atoms with E-state index in [1.807, 2.05) is 55.6 Å². The lowest BCUT2D eigenvalue weighted by Crippen LogP contribution is -2.25. The van der Waals surface area contributed by atoms with Crippen LogP contribution in [0.15, 0.2) is 66.7 Å². The van der Waals surface area contributed by atoms with E-state index in [2.05, 4.69) is 12.2 Å². The number of Topliss-reactive ketones (excluding diaryl/α,β-unsaturated/α-hetero) is 3. The number of carbonyl (C=O) groups excluding carboxylic acids is 3. The van der Waals surface area contributed by atoms with Crippen LogP contribution in [-0.2, 0) is 0 Å².